The predicted molar refractivity (Wildman–Crippen MR) is 59.8 cm³/mol. The molecule has 0 saturated heterocycles. The van der Waals surface area contributed by atoms with Crippen LogP contribution in [0.4, 0.5) is 0 Å². The van der Waals surface area contributed by atoms with Crippen molar-refractivity contribution in [1.29, 1.82) is 0 Å². The highest BCUT2D eigenvalue weighted by molar-refractivity contribution is 5.35. The van der Waals surface area contributed by atoms with E-state index in [2.05, 4.69) is 44.5 Å². The Hall–Kier alpha value is -1.81. The molecule has 0 radical (unpaired) electrons. The summed E-state index contributed by atoms with van der Waals surface area (Å²) in [4.78, 5) is 12.3. The Labute approximate surface area is 93.8 Å². The molecule has 1 aliphatic rings. The minimum Gasteiger partial charge on any atom is -0.303 e. The largest absolute Gasteiger partial charge is 0.303 e. The van der Waals surface area contributed by atoms with Crippen molar-refractivity contribution in [1.82, 2.24) is 20.3 Å². The molecule has 0 bridgehead atoms. The summed E-state index contributed by atoms with van der Waals surface area (Å²) < 4.78 is 0. The molecule has 1 atom stereocenters. The van der Waals surface area contributed by atoms with Crippen molar-refractivity contribution >= 4 is 0 Å². The fourth-order valence-electron chi connectivity index (χ4n) is 2.13. The molecule has 4 heteroatoms. The lowest BCUT2D eigenvalue weighted by Gasteiger charge is -2.25. The zero-order chi connectivity index (χ0) is 10.8. The van der Waals surface area contributed by atoms with E-state index in [0.29, 0.717) is 0 Å². The normalized spacial score (nSPS) is 19.1. The van der Waals surface area contributed by atoms with Crippen molar-refractivity contribution in [3.63, 3.8) is 0 Å². The molecule has 16 heavy (non-hydrogen) atoms. The molecule has 1 aromatic heterocycles. The first-order valence-electron chi connectivity index (χ1n) is 5.38. The Bertz CT molecular complexity index is 483. The molecule has 0 fully saturated rings. The second-order valence-electron chi connectivity index (χ2n) is 3.83. The van der Waals surface area contributed by atoms with E-state index in [-0.39, 0.29) is 6.04 Å². The number of fused-ring (bicyclic) bond motifs is 1. The van der Waals surface area contributed by atoms with Gasteiger partial charge in [-0.1, -0.05) is 24.3 Å². The summed E-state index contributed by atoms with van der Waals surface area (Å²) in [5.74, 6) is 0.794. The molecule has 0 spiro atoms. The number of hydrogen-bond acceptors (Lipinski definition) is 4. The lowest BCUT2D eigenvalue weighted by molar-refractivity contribution is 0.541. The van der Waals surface area contributed by atoms with Crippen molar-refractivity contribution in [2.24, 2.45) is 0 Å². The SMILES string of the molecule is c1ccc2c(c1)CCNC2c1ncncn1. The molecule has 1 unspecified atom stereocenters. The van der Waals surface area contributed by atoms with E-state index >= 15 is 0 Å². The molecule has 0 saturated carbocycles. The topological polar surface area (TPSA) is 50.7 Å². The Balaban J connectivity index is 2.05. The molecule has 1 N–H and O–H groups in total. The van der Waals surface area contributed by atoms with Gasteiger partial charge in [-0.3, -0.25) is 0 Å². The first-order chi connectivity index (χ1) is 7.95. The van der Waals surface area contributed by atoms with Gasteiger partial charge in [0, 0.05) is 6.54 Å². The summed E-state index contributed by atoms with van der Waals surface area (Å²) in [6.45, 7) is 0.966. The smallest absolute Gasteiger partial charge is 0.153 e. The second-order valence-corrected chi connectivity index (χ2v) is 3.83. The number of hydrogen-bond donors (Lipinski definition) is 1. The van der Waals surface area contributed by atoms with Crippen LogP contribution < -0.4 is 5.32 Å². The minimum absolute atomic E-state index is 0.105. The lowest BCUT2D eigenvalue weighted by Crippen LogP contribution is -2.31. The third kappa shape index (κ3) is 1.57. The molecule has 0 amide bonds. The number of benzene rings is 1. The van der Waals surface area contributed by atoms with E-state index in [1.807, 2.05) is 0 Å². The fraction of sp³-hybridized carbons (Fsp3) is 0.250. The zero-order valence-corrected chi connectivity index (χ0v) is 8.80. The molecule has 80 valence electrons. The van der Waals surface area contributed by atoms with Crippen molar-refractivity contribution in [3.05, 3.63) is 53.9 Å². The van der Waals surface area contributed by atoms with Crippen LogP contribution in [0.25, 0.3) is 0 Å². The predicted octanol–water partition coefficient (Wildman–Crippen LogP) is 1.11. The van der Waals surface area contributed by atoms with Crippen LogP contribution in [-0.2, 0) is 6.42 Å². The Morgan fingerprint density at radius 3 is 2.81 bits per heavy atom. The van der Waals surface area contributed by atoms with Gasteiger partial charge in [0.15, 0.2) is 5.82 Å². The maximum atomic E-state index is 4.22. The summed E-state index contributed by atoms with van der Waals surface area (Å²) in [7, 11) is 0. The Kier molecular flexibility index (Phi) is 2.34. The van der Waals surface area contributed by atoms with Crippen molar-refractivity contribution in [3.8, 4) is 0 Å². The first kappa shape index (κ1) is 9.42. The Morgan fingerprint density at radius 1 is 1.12 bits per heavy atom. The van der Waals surface area contributed by atoms with Crippen molar-refractivity contribution < 1.29 is 0 Å². The van der Waals surface area contributed by atoms with E-state index in [1.54, 1.807) is 12.7 Å². The van der Waals surface area contributed by atoms with Crippen LogP contribution in [0, 0.1) is 0 Å². The molecule has 2 heterocycles. The van der Waals surface area contributed by atoms with Crippen LogP contribution in [0.2, 0.25) is 0 Å². The number of nitrogens with zero attached hydrogens (tertiary/aromatic N) is 3. The first-order valence-corrected chi connectivity index (χ1v) is 5.38. The van der Waals surface area contributed by atoms with E-state index in [0.717, 1.165) is 18.8 Å². The highest BCUT2D eigenvalue weighted by Crippen LogP contribution is 2.25. The quantitative estimate of drug-likeness (QED) is 0.769. The van der Waals surface area contributed by atoms with Gasteiger partial charge >= 0.3 is 0 Å². The second kappa shape index (κ2) is 3.98. The van der Waals surface area contributed by atoms with E-state index in [4.69, 9.17) is 0 Å². The molecule has 1 aromatic carbocycles. The summed E-state index contributed by atoms with van der Waals surface area (Å²) in [6, 6.07) is 8.54. The van der Waals surface area contributed by atoms with Gasteiger partial charge < -0.3 is 5.32 Å². The van der Waals surface area contributed by atoms with Crippen LogP contribution in [0.1, 0.15) is 23.0 Å². The highest BCUT2D eigenvalue weighted by atomic mass is 15.0. The van der Waals surface area contributed by atoms with Gasteiger partial charge in [-0.05, 0) is 17.5 Å². The molecule has 2 aromatic rings. The van der Waals surface area contributed by atoms with Crippen molar-refractivity contribution in [2.45, 2.75) is 12.5 Å². The van der Waals surface area contributed by atoms with Crippen LogP contribution in [0.3, 0.4) is 0 Å². The van der Waals surface area contributed by atoms with Crippen molar-refractivity contribution in [2.75, 3.05) is 6.54 Å². The molecule has 0 aliphatic carbocycles. The van der Waals surface area contributed by atoms with E-state index < -0.39 is 0 Å². The minimum atomic E-state index is 0.105. The number of nitrogens with one attached hydrogen (secondary N) is 1. The summed E-state index contributed by atoms with van der Waals surface area (Å²) >= 11 is 0. The van der Waals surface area contributed by atoms with Gasteiger partial charge in [0.1, 0.15) is 12.7 Å². The van der Waals surface area contributed by atoms with Gasteiger partial charge in [-0.15, -0.1) is 0 Å². The monoisotopic (exact) mass is 212 g/mol. The van der Waals surface area contributed by atoms with Gasteiger partial charge in [-0.25, -0.2) is 15.0 Å². The van der Waals surface area contributed by atoms with Gasteiger partial charge in [0.2, 0.25) is 0 Å². The van der Waals surface area contributed by atoms with E-state index in [1.165, 1.54) is 11.1 Å². The van der Waals surface area contributed by atoms with Gasteiger partial charge in [-0.2, -0.15) is 0 Å². The average Bonchev–Trinajstić information content (AvgIpc) is 2.39. The summed E-state index contributed by atoms with van der Waals surface area (Å²) in [5, 5.41) is 3.44. The molecule has 4 nitrogen and oxygen atoms in total. The maximum Gasteiger partial charge on any atom is 0.153 e. The molecule has 3 rings (SSSR count). The van der Waals surface area contributed by atoms with Crippen LogP contribution in [-0.4, -0.2) is 21.5 Å². The van der Waals surface area contributed by atoms with Crippen LogP contribution in [0.5, 0.6) is 0 Å². The third-order valence-electron chi connectivity index (χ3n) is 2.88. The van der Waals surface area contributed by atoms with Gasteiger partial charge in [0.05, 0.1) is 6.04 Å². The maximum absolute atomic E-state index is 4.22. The summed E-state index contributed by atoms with van der Waals surface area (Å²) in [6.07, 6.45) is 4.15. The van der Waals surface area contributed by atoms with Crippen LogP contribution in [0.15, 0.2) is 36.9 Å². The molecular formula is C12H12N4. The molecular weight excluding hydrogens is 200 g/mol. The number of aromatic nitrogens is 3. The third-order valence-corrected chi connectivity index (χ3v) is 2.88. The standard InChI is InChI=1S/C12H12N4/c1-2-4-10-9(3-1)5-6-14-11(10)12-15-7-13-8-16-12/h1-4,7-8,11,14H,5-6H2. The zero-order valence-electron chi connectivity index (χ0n) is 8.80. The highest BCUT2D eigenvalue weighted by Gasteiger charge is 2.22. The van der Waals surface area contributed by atoms with Crippen LogP contribution >= 0.6 is 0 Å². The average molecular weight is 212 g/mol. The number of rotatable bonds is 1. The summed E-state index contributed by atoms with van der Waals surface area (Å²) in [5.41, 5.74) is 2.66. The molecule has 1 aliphatic heterocycles. The van der Waals surface area contributed by atoms with Gasteiger partial charge in [0.25, 0.3) is 0 Å². The fourth-order valence-corrected chi connectivity index (χ4v) is 2.13. The lowest BCUT2D eigenvalue weighted by atomic mass is 9.94. The van der Waals surface area contributed by atoms with E-state index in [9.17, 15) is 0 Å². The Morgan fingerprint density at radius 2 is 1.94 bits per heavy atom.